The molecular formula is C13H23N3O3S. The first-order valence-corrected chi connectivity index (χ1v) is 8.52. The molecule has 0 radical (unpaired) electrons. The normalized spacial score (nSPS) is 21.1. The number of hydrogen-bond donors (Lipinski definition) is 2. The average molecular weight is 301 g/mol. The minimum Gasteiger partial charge on any atom is -0.472 e. The second-order valence-corrected chi connectivity index (χ2v) is 6.89. The molecule has 0 spiro atoms. The SMILES string of the molecule is CCNCC1CCCN(S(=O)(=O)NCc2ccoc2)C1. The van der Waals surface area contributed by atoms with Gasteiger partial charge in [-0.05, 0) is 37.9 Å². The quantitative estimate of drug-likeness (QED) is 0.786. The summed E-state index contributed by atoms with van der Waals surface area (Å²) in [5, 5.41) is 3.29. The Kier molecular flexibility index (Phi) is 5.59. The predicted octanol–water partition coefficient (Wildman–Crippen LogP) is 0.935. The molecule has 0 aromatic carbocycles. The van der Waals surface area contributed by atoms with Crippen molar-refractivity contribution in [2.75, 3.05) is 26.2 Å². The smallest absolute Gasteiger partial charge is 0.279 e. The van der Waals surface area contributed by atoms with Gasteiger partial charge in [-0.1, -0.05) is 6.92 Å². The van der Waals surface area contributed by atoms with E-state index < -0.39 is 10.2 Å². The first-order chi connectivity index (χ1) is 9.62. The van der Waals surface area contributed by atoms with Crippen LogP contribution in [0.2, 0.25) is 0 Å². The molecule has 2 heterocycles. The van der Waals surface area contributed by atoms with E-state index in [2.05, 4.69) is 17.0 Å². The van der Waals surface area contributed by atoms with E-state index in [0.29, 0.717) is 19.0 Å². The van der Waals surface area contributed by atoms with Gasteiger partial charge in [0.1, 0.15) is 0 Å². The van der Waals surface area contributed by atoms with Crippen LogP contribution in [0.5, 0.6) is 0 Å². The van der Waals surface area contributed by atoms with Gasteiger partial charge in [0.25, 0.3) is 10.2 Å². The summed E-state index contributed by atoms with van der Waals surface area (Å²) in [5.41, 5.74) is 0.829. The van der Waals surface area contributed by atoms with Crippen molar-refractivity contribution in [3.63, 3.8) is 0 Å². The van der Waals surface area contributed by atoms with Gasteiger partial charge < -0.3 is 9.73 Å². The molecule has 1 fully saturated rings. The Balaban J connectivity index is 1.87. The van der Waals surface area contributed by atoms with Gasteiger partial charge in [0, 0.05) is 25.2 Å². The molecule has 0 amide bonds. The molecule has 2 rings (SSSR count). The van der Waals surface area contributed by atoms with Crippen LogP contribution in [0, 0.1) is 5.92 Å². The first kappa shape index (κ1) is 15.5. The Morgan fingerprint density at radius 2 is 2.35 bits per heavy atom. The zero-order chi connectivity index (χ0) is 14.4. The van der Waals surface area contributed by atoms with Crippen molar-refractivity contribution in [2.45, 2.75) is 26.3 Å². The molecule has 6 nitrogen and oxygen atoms in total. The molecule has 0 saturated carbocycles. The van der Waals surface area contributed by atoms with Gasteiger partial charge in [-0.15, -0.1) is 0 Å². The fourth-order valence-corrected chi connectivity index (χ4v) is 3.73. The Morgan fingerprint density at radius 3 is 3.05 bits per heavy atom. The van der Waals surface area contributed by atoms with Crippen molar-refractivity contribution < 1.29 is 12.8 Å². The summed E-state index contributed by atoms with van der Waals surface area (Å²) in [4.78, 5) is 0. The van der Waals surface area contributed by atoms with Crippen LogP contribution in [0.1, 0.15) is 25.3 Å². The maximum atomic E-state index is 12.3. The lowest BCUT2D eigenvalue weighted by atomic mass is 10.00. The molecule has 1 saturated heterocycles. The van der Waals surface area contributed by atoms with E-state index >= 15 is 0 Å². The minimum absolute atomic E-state index is 0.271. The van der Waals surface area contributed by atoms with Crippen LogP contribution in [-0.2, 0) is 16.8 Å². The number of furan rings is 1. The molecule has 1 unspecified atom stereocenters. The number of hydrogen-bond acceptors (Lipinski definition) is 4. The van der Waals surface area contributed by atoms with E-state index in [9.17, 15) is 8.42 Å². The molecule has 1 aliphatic heterocycles. The van der Waals surface area contributed by atoms with Crippen LogP contribution in [0.25, 0.3) is 0 Å². The van der Waals surface area contributed by atoms with Crippen LogP contribution in [-0.4, -0.2) is 38.9 Å². The maximum Gasteiger partial charge on any atom is 0.279 e. The van der Waals surface area contributed by atoms with Crippen molar-refractivity contribution in [3.8, 4) is 0 Å². The summed E-state index contributed by atoms with van der Waals surface area (Å²) < 4.78 is 33.6. The minimum atomic E-state index is -3.40. The highest BCUT2D eigenvalue weighted by Crippen LogP contribution is 2.18. The average Bonchev–Trinajstić information content (AvgIpc) is 2.97. The molecular weight excluding hydrogens is 278 g/mol. The molecule has 20 heavy (non-hydrogen) atoms. The van der Waals surface area contributed by atoms with Crippen molar-refractivity contribution >= 4 is 10.2 Å². The van der Waals surface area contributed by atoms with Gasteiger partial charge >= 0.3 is 0 Å². The summed E-state index contributed by atoms with van der Waals surface area (Å²) in [6, 6.07) is 1.76. The lowest BCUT2D eigenvalue weighted by molar-refractivity contribution is 0.258. The highest BCUT2D eigenvalue weighted by atomic mass is 32.2. The van der Waals surface area contributed by atoms with Gasteiger partial charge in [-0.25, -0.2) is 0 Å². The summed E-state index contributed by atoms with van der Waals surface area (Å²) >= 11 is 0. The summed E-state index contributed by atoms with van der Waals surface area (Å²) in [5.74, 6) is 0.397. The summed E-state index contributed by atoms with van der Waals surface area (Å²) in [6.45, 7) is 5.32. The van der Waals surface area contributed by atoms with Crippen LogP contribution >= 0.6 is 0 Å². The highest BCUT2D eigenvalue weighted by molar-refractivity contribution is 7.87. The standard InChI is InChI=1S/C13H23N3O3S/c1-2-14-8-12-4-3-6-16(10-12)20(17,18)15-9-13-5-7-19-11-13/h5,7,11-12,14-15H,2-4,6,8-10H2,1H3. The third-order valence-corrected chi connectivity index (χ3v) is 5.06. The maximum absolute atomic E-state index is 12.3. The molecule has 1 aromatic rings. The summed E-state index contributed by atoms with van der Waals surface area (Å²) in [6.07, 6.45) is 5.09. The van der Waals surface area contributed by atoms with Gasteiger partial charge in [-0.2, -0.15) is 17.4 Å². The first-order valence-electron chi connectivity index (χ1n) is 7.08. The Labute approximate surface area is 120 Å². The van der Waals surface area contributed by atoms with Gasteiger partial charge in [0.15, 0.2) is 0 Å². The molecule has 114 valence electrons. The van der Waals surface area contributed by atoms with Crippen LogP contribution in [0.3, 0.4) is 0 Å². The summed E-state index contributed by atoms with van der Waals surface area (Å²) in [7, 11) is -3.40. The van der Waals surface area contributed by atoms with E-state index in [0.717, 1.165) is 31.5 Å². The van der Waals surface area contributed by atoms with Gasteiger partial charge in [-0.3, -0.25) is 0 Å². The monoisotopic (exact) mass is 301 g/mol. The Bertz CT molecular complexity index is 487. The zero-order valence-corrected chi connectivity index (χ0v) is 12.7. The molecule has 1 atom stereocenters. The lowest BCUT2D eigenvalue weighted by Crippen LogP contribution is -2.47. The third kappa shape index (κ3) is 4.31. The van der Waals surface area contributed by atoms with Crippen LogP contribution in [0.4, 0.5) is 0 Å². The number of nitrogens with one attached hydrogen (secondary N) is 2. The zero-order valence-electron chi connectivity index (χ0n) is 11.8. The van der Waals surface area contributed by atoms with Crippen molar-refractivity contribution in [3.05, 3.63) is 24.2 Å². The molecule has 0 aliphatic carbocycles. The van der Waals surface area contributed by atoms with E-state index in [4.69, 9.17) is 4.42 Å². The van der Waals surface area contributed by atoms with E-state index in [1.807, 2.05) is 0 Å². The molecule has 7 heteroatoms. The van der Waals surface area contributed by atoms with Crippen LogP contribution in [0.15, 0.2) is 23.0 Å². The predicted molar refractivity (Wildman–Crippen MR) is 77.3 cm³/mol. The van der Waals surface area contributed by atoms with E-state index in [-0.39, 0.29) is 6.54 Å². The largest absolute Gasteiger partial charge is 0.472 e. The van der Waals surface area contributed by atoms with Crippen molar-refractivity contribution in [1.82, 2.24) is 14.3 Å². The molecule has 1 aliphatic rings. The Hall–Kier alpha value is -0.890. The topological polar surface area (TPSA) is 74.6 Å². The van der Waals surface area contributed by atoms with Gasteiger partial charge in [0.2, 0.25) is 0 Å². The molecule has 1 aromatic heterocycles. The highest BCUT2D eigenvalue weighted by Gasteiger charge is 2.28. The second kappa shape index (κ2) is 7.21. The Morgan fingerprint density at radius 1 is 1.50 bits per heavy atom. The molecule has 0 bridgehead atoms. The molecule has 2 N–H and O–H groups in total. The van der Waals surface area contributed by atoms with Crippen LogP contribution < -0.4 is 10.0 Å². The number of nitrogens with zero attached hydrogens (tertiary/aromatic N) is 1. The number of piperidine rings is 1. The lowest BCUT2D eigenvalue weighted by Gasteiger charge is -2.31. The van der Waals surface area contributed by atoms with Crippen molar-refractivity contribution in [2.24, 2.45) is 5.92 Å². The fraction of sp³-hybridized carbons (Fsp3) is 0.692. The van der Waals surface area contributed by atoms with E-state index in [1.54, 1.807) is 16.6 Å². The second-order valence-electron chi connectivity index (χ2n) is 5.13. The van der Waals surface area contributed by atoms with E-state index in [1.165, 1.54) is 6.26 Å². The van der Waals surface area contributed by atoms with Gasteiger partial charge in [0.05, 0.1) is 12.5 Å². The fourth-order valence-electron chi connectivity index (χ4n) is 2.42. The van der Waals surface area contributed by atoms with Crippen molar-refractivity contribution in [1.29, 1.82) is 0 Å². The third-order valence-electron chi connectivity index (χ3n) is 3.54. The number of rotatable bonds is 7.